The van der Waals surface area contributed by atoms with Crippen LogP contribution in [-0.4, -0.2) is 51.1 Å². The molecule has 1 saturated heterocycles. The van der Waals surface area contributed by atoms with E-state index in [1.807, 2.05) is 0 Å². The monoisotopic (exact) mass is 342 g/mol. The predicted octanol–water partition coefficient (Wildman–Crippen LogP) is 0.510. The zero-order valence-electron chi connectivity index (χ0n) is 13.4. The maximum absolute atomic E-state index is 12.4. The molecule has 1 fully saturated rings. The van der Waals surface area contributed by atoms with E-state index >= 15 is 0 Å². The molecule has 3 rings (SSSR count). The molecule has 3 N–H and O–H groups in total. The van der Waals surface area contributed by atoms with Gasteiger partial charge in [0, 0.05) is 30.8 Å². The molecule has 1 aliphatic rings. The number of hydrogen-bond donors (Lipinski definition) is 3. The van der Waals surface area contributed by atoms with Crippen LogP contribution in [0.2, 0.25) is 0 Å². The molecule has 1 aliphatic heterocycles. The first-order valence-corrected chi connectivity index (χ1v) is 7.98. The Bertz CT molecular complexity index is 820. The lowest BCUT2D eigenvalue weighted by Crippen LogP contribution is -2.46. The van der Waals surface area contributed by atoms with Gasteiger partial charge in [0.1, 0.15) is 11.4 Å². The Morgan fingerprint density at radius 3 is 2.60 bits per heavy atom. The highest BCUT2D eigenvalue weighted by molar-refractivity contribution is 5.95. The number of aromatic nitrogens is 2. The van der Waals surface area contributed by atoms with Crippen LogP contribution in [0.25, 0.3) is 0 Å². The largest absolute Gasteiger partial charge is 0.508 e. The van der Waals surface area contributed by atoms with Gasteiger partial charge in [-0.25, -0.2) is 5.10 Å². The number of nitrogens with zero attached hydrogens (tertiary/aromatic N) is 2. The average molecular weight is 342 g/mol. The minimum Gasteiger partial charge on any atom is -0.508 e. The summed E-state index contributed by atoms with van der Waals surface area (Å²) in [7, 11) is 0. The van der Waals surface area contributed by atoms with Crippen LogP contribution in [0.4, 0.5) is 0 Å². The number of likely N-dealkylation sites (tertiary alicyclic amines) is 1. The number of nitrogens with one attached hydrogen (secondary N) is 2. The van der Waals surface area contributed by atoms with Crippen molar-refractivity contribution in [2.75, 3.05) is 13.1 Å². The van der Waals surface area contributed by atoms with E-state index in [4.69, 9.17) is 0 Å². The maximum atomic E-state index is 12.4. The van der Waals surface area contributed by atoms with Crippen LogP contribution in [0.3, 0.4) is 0 Å². The van der Waals surface area contributed by atoms with Crippen LogP contribution in [0, 0.1) is 0 Å². The van der Waals surface area contributed by atoms with Gasteiger partial charge in [-0.1, -0.05) is 6.07 Å². The smallest absolute Gasteiger partial charge is 0.271 e. The zero-order chi connectivity index (χ0) is 17.8. The third-order valence-corrected chi connectivity index (χ3v) is 4.12. The fraction of sp³-hybridized carbons (Fsp3) is 0.294. The van der Waals surface area contributed by atoms with Crippen molar-refractivity contribution in [2.45, 2.75) is 18.9 Å². The molecule has 130 valence electrons. The van der Waals surface area contributed by atoms with E-state index in [0.717, 1.165) is 0 Å². The van der Waals surface area contributed by atoms with Gasteiger partial charge in [-0.3, -0.25) is 14.4 Å². The van der Waals surface area contributed by atoms with Gasteiger partial charge >= 0.3 is 0 Å². The Morgan fingerprint density at radius 2 is 1.96 bits per heavy atom. The molecule has 0 radical (unpaired) electrons. The summed E-state index contributed by atoms with van der Waals surface area (Å²) in [5, 5.41) is 18.3. The van der Waals surface area contributed by atoms with E-state index < -0.39 is 0 Å². The Balaban J connectivity index is 1.55. The van der Waals surface area contributed by atoms with E-state index in [1.54, 1.807) is 17.0 Å². The SMILES string of the molecule is O=C(NC1CCN(C(=O)c2cccc(O)c2)CC1)c1ccc(=O)[nH]n1. The summed E-state index contributed by atoms with van der Waals surface area (Å²) < 4.78 is 0. The van der Waals surface area contributed by atoms with Gasteiger partial charge in [0.25, 0.3) is 17.4 Å². The molecular weight excluding hydrogens is 324 g/mol. The second-order valence-corrected chi connectivity index (χ2v) is 5.90. The second kappa shape index (κ2) is 7.16. The predicted molar refractivity (Wildman–Crippen MR) is 89.4 cm³/mol. The first kappa shape index (κ1) is 16.7. The highest BCUT2D eigenvalue weighted by Gasteiger charge is 2.25. The number of amides is 2. The summed E-state index contributed by atoms with van der Waals surface area (Å²) in [6.45, 7) is 1.02. The van der Waals surface area contributed by atoms with Crippen LogP contribution in [0.15, 0.2) is 41.2 Å². The van der Waals surface area contributed by atoms with Crippen molar-refractivity contribution in [1.82, 2.24) is 20.4 Å². The summed E-state index contributed by atoms with van der Waals surface area (Å²) in [4.78, 5) is 37.2. The molecule has 0 unspecified atom stereocenters. The normalized spacial score (nSPS) is 15.0. The molecule has 0 saturated carbocycles. The number of aromatic amines is 1. The number of piperidine rings is 1. The highest BCUT2D eigenvalue weighted by Crippen LogP contribution is 2.17. The van der Waals surface area contributed by atoms with E-state index in [-0.39, 0.29) is 34.9 Å². The molecule has 0 spiro atoms. The van der Waals surface area contributed by atoms with Crippen molar-refractivity contribution < 1.29 is 14.7 Å². The Hall–Kier alpha value is -3.16. The molecule has 1 aromatic carbocycles. The Morgan fingerprint density at radius 1 is 1.20 bits per heavy atom. The molecule has 2 amide bonds. The number of phenolic OH excluding ortho intramolecular Hbond substituents is 1. The van der Waals surface area contributed by atoms with Crippen molar-refractivity contribution in [3.8, 4) is 5.75 Å². The molecule has 0 aliphatic carbocycles. The van der Waals surface area contributed by atoms with E-state index in [2.05, 4.69) is 15.5 Å². The first-order chi connectivity index (χ1) is 12.0. The minimum atomic E-state index is -0.365. The van der Waals surface area contributed by atoms with Gasteiger partial charge in [-0.05, 0) is 37.1 Å². The van der Waals surface area contributed by atoms with Gasteiger partial charge < -0.3 is 15.3 Å². The standard InChI is InChI=1S/C17H18N4O4/c22-13-3-1-2-11(10-13)17(25)21-8-6-12(7-9-21)18-16(24)14-4-5-15(23)20-19-14/h1-5,10,12,22H,6-9H2,(H,18,24)(H,20,23). The highest BCUT2D eigenvalue weighted by atomic mass is 16.3. The third-order valence-electron chi connectivity index (χ3n) is 4.12. The van der Waals surface area contributed by atoms with Crippen molar-refractivity contribution in [2.24, 2.45) is 0 Å². The molecule has 1 aromatic heterocycles. The van der Waals surface area contributed by atoms with Crippen LogP contribution in [0.1, 0.15) is 33.7 Å². The first-order valence-electron chi connectivity index (χ1n) is 7.98. The number of H-pyrrole nitrogens is 1. The van der Waals surface area contributed by atoms with Crippen LogP contribution in [0.5, 0.6) is 5.75 Å². The fourth-order valence-corrected chi connectivity index (χ4v) is 2.78. The van der Waals surface area contributed by atoms with Crippen molar-refractivity contribution in [3.63, 3.8) is 0 Å². The zero-order valence-corrected chi connectivity index (χ0v) is 13.4. The van der Waals surface area contributed by atoms with Gasteiger partial charge in [0.15, 0.2) is 0 Å². The number of benzene rings is 1. The molecule has 0 bridgehead atoms. The van der Waals surface area contributed by atoms with Crippen LogP contribution >= 0.6 is 0 Å². The molecule has 8 heteroatoms. The molecule has 8 nitrogen and oxygen atoms in total. The van der Waals surface area contributed by atoms with Crippen molar-refractivity contribution >= 4 is 11.8 Å². The number of rotatable bonds is 3. The number of carbonyl (C=O) groups excluding carboxylic acids is 2. The van der Waals surface area contributed by atoms with Crippen molar-refractivity contribution in [1.29, 1.82) is 0 Å². The lowest BCUT2D eigenvalue weighted by molar-refractivity contribution is 0.0697. The van der Waals surface area contributed by atoms with Gasteiger partial charge in [0.05, 0.1) is 0 Å². The number of hydrogen-bond acceptors (Lipinski definition) is 5. The number of aromatic hydroxyl groups is 1. The molecule has 25 heavy (non-hydrogen) atoms. The van der Waals surface area contributed by atoms with Gasteiger partial charge in [0.2, 0.25) is 0 Å². The Kier molecular flexibility index (Phi) is 4.78. The van der Waals surface area contributed by atoms with Crippen molar-refractivity contribution in [3.05, 3.63) is 58.0 Å². The van der Waals surface area contributed by atoms with E-state index in [0.29, 0.717) is 31.5 Å². The summed E-state index contributed by atoms with van der Waals surface area (Å²) in [6.07, 6.45) is 1.25. The number of phenols is 1. The summed E-state index contributed by atoms with van der Waals surface area (Å²) in [5.74, 6) is -0.432. The maximum Gasteiger partial charge on any atom is 0.271 e. The second-order valence-electron chi connectivity index (χ2n) is 5.90. The fourth-order valence-electron chi connectivity index (χ4n) is 2.78. The average Bonchev–Trinajstić information content (AvgIpc) is 2.62. The quantitative estimate of drug-likeness (QED) is 0.752. The lowest BCUT2D eigenvalue weighted by Gasteiger charge is -2.32. The summed E-state index contributed by atoms with van der Waals surface area (Å²) in [6, 6.07) is 8.81. The number of carbonyl (C=O) groups is 2. The van der Waals surface area contributed by atoms with Gasteiger partial charge in [-0.2, -0.15) is 5.10 Å². The minimum absolute atomic E-state index is 0.0569. The third kappa shape index (κ3) is 4.03. The van der Waals surface area contributed by atoms with Crippen LogP contribution < -0.4 is 10.9 Å². The molecule has 2 aromatic rings. The van der Waals surface area contributed by atoms with Gasteiger partial charge in [-0.15, -0.1) is 0 Å². The summed E-state index contributed by atoms with van der Waals surface area (Å²) in [5.41, 5.74) is 0.230. The molecule has 0 atom stereocenters. The molecular formula is C17H18N4O4. The van der Waals surface area contributed by atoms with Crippen LogP contribution in [-0.2, 0) is 0 Å². The van der Waals surface area contributed by atoms with E-state index in [9.17, 15) is 19.5 Å². The lowest BCUT2D eigenvalue weighted by atomic mass is 10.0. The van der Waals surface area contributed by atoms with E-state index in [1.165, 1.54) is 24.3 Å². The Labute approximate surface area is 143 Å². The topological polar surface area (TPSA) is 115 Å². The molecule has 2 heterocycles. The summed E-state index contributed by atoms with van der Waals surface area (Å²) >= 11 is 0.